The zero-order chi connectivity index (χ0) is 7.90. The Morgan fingerprint density at radius 1 is 1.45 bits per heavy atom. The molecule has 58 valence electrons. The van der Waals surface area contributed by atoms with Gasteiger partial charge in [-0.25, -0.2) is 0 Å². The fraction of sp³-hybridized carbons (Fsp3) is 0.250. The number of rotatable bonds is 0. The average Bonchev–Trinajstić information content (AvgIpc) is 2.21. The minimum atomic E-state index is -0.830. The van der Waals surface area contributed by atoms with Crippen molar-refractivity contribution in [3.05, 3.63) is 24.3 Å². The number of nitrogens with one attached hydrogen (secondary N) is 1. The molecule has 2 N–H and O–H groups in total. The molecule has 1 aliphatic rings. The van der Waals surface area contributed by atoms with Crippen LogP contribution in [0.3, 0.4) is 0 Å². The van der Waals surface area contributed by atoms with Crippen LogP contribution in [0.1, 0.15) is 6.92 Å². The van der Waals surface area contributed by atoms with Crippen molar-refractivity contribution in [2.24, 2.45) is 0 Å². The number of aliphatic hydroxyl groups is 1. The lowest BCUT2D eigenvalue weighted by molar-refractivity contribution is 0.191. The molecular formula is C8H9NOS. The van der Waals surface area contributed by atoms with Crippen molar-refractivity contribution < 1.29 is 5.11 Å². The van der Waals surface area contributed by atoms with E-state index in [1.807, 2.05) is 24.3 Å². The van der Waals surface area contributed by atoms with E-state index in [0.717, 1.165) is 10.6 Å². The van der Waals surface area contributed by atoms with E-state index in [-0.39, 0.29) is 0 Å². The Bertz CT molecular complexity index is 258. The highest BCUT2D eigenvalue weighted by molar-refractivity contribution is 8.01. The topological polar surface area (TPSA) is 32.3 Å². The van der Waals surface area contributed by atoms with Gasteiger partial charge in [0.25, 0.3) is 0 Å². The molecule has 1 aliphatic heterocycles. The maximum Gasteiger partial charge on any atom is 0.186 e. The van der Waals surface area contributed by atoms with Gasteiger partial charge in [0.15, 0.2) is 5.06 Å². The van der Waals surface area contributed by atoms with Crippen molar-refractivity contribution >= 4 is 17.4 Å². The molecule has 0 aliphatic carbocycles. The molecule has 1 unspecified atom stereocenters. The van der Waals surface area contributed by atoms with E-state index in [4.69, 9.17) is 0 Å². The van der Waals surface area contributed by atoms with Crippen LogP contribution in [0.4, 0.5) is 5.69 Å². The summed E-state index contributed by atoms with van der Waals surface area (Å²) < 4.78 is 0. The third kappa shape index (κ3) is 1.21. The van der Waals surface area contributed by atoms with Crippen molar-refractivity contribution in [1.82, 2.24) is 0 Å². The van der Waals surface area contributed by atoms with E-state index < -0.39 is 5.06 Å². The van der Waals surface area contributed by atoms with Gasteiger partial charge < -0.3 is 10.4 Å². The predicted octanol–water partition coefficient (Wildman–Crippen LogP) is 1.87. The number of thioether (sulfide) groups is 1. The fourth-order valence-corrected chi connectivity index (χ4v) is 2.11. The van der Waals surface area contributed by atoms with Crippen LogP contribution in [0.2, 0.25) is 0 Å². The van der Waals surface area contributed by atoms with E-state index in [1.165, 1.54) is 11.8 Å². The molecule has 2 nitrogen and oxygen atoms in total. The largest absolute Gasteiger partial charge is 0.362 e. The summed E-state index contributed by atoms with van der Waals surface area (Å²) in [6.07, 6.45) is 0. The maximum absolute atomic E-state index is 9.57. The van der Waals surface area contributed by atoms with Crippen LogP contribution in [-0.2, 0) is 0 Å². The molecule has 1 aromatic rings. The van der Waals surface area contributed by atoms with Crippen LogP contribution in [0.15, 0.2) is 29.2 Å². The van der Waals surface area contributed by atoms with Gasteiger partial charge >= 0.3 is 0 Å². The van der Waals surface area contributed by atoms with E-state index in [0.29, 0.717) is 0 Å². The van der Waals surface area contributed by atoms with Gasteiger partial charge in [0.2, 0.25) is 0 Å². The number of fused-ring (bicyclic) bond motifs is 1. The summed E-state index contributed by atoms with van der Waals surface area (Å²) >= 11 is 1.44. The first kappa shape index (κ1) is 7.00. The minimum Gasteiger partial charge on any atom is -0.362 e. The number of hydrogen-bond acceptors (Lipinski definition) is 3. The van der Waals surface area contributed by atoms with Crippen molar-refractivity contribution in [2.75, 3.05) is 5.32 Å². The molecule has 0 aromatic heterocycles. The first-order valence-electron chi connectivity index (χ1n) is 3.46. The summed E-state index contributed by atoms with van der Waals surface area (Å²) in [6.45, 7) is 1.75. The molecule has 3 heteroatoms. The van der Waals surface area contributed by atoms with Gasteiger partial charge in [0.05, 0.1) is 5.69 Å². The second kappa shape index (κ2) is 2.16. The second-order valence-electron chi connectivity index (χ2n) is 2.71. The third-order valence-corrected chi connectivity index (χ3v) is 2.64. The molecule has 1 aromatic carbocycles. The number of hydrogen-bond donors (Lipinski definition) is 2. The normalized spacial score (nSPS) is 27.8. The standard InChI is InChI=1S/C8H9NOS/c1-8(10)9-6-4-2-3-5-7(6)11-8/h2-5,9-10H,1H3. The Labute approximate surface area is 69.6 Å². The molecule has 0 amide bonds. The van der Waals surface area contributed by atoms with Crippen LogP contribution >= 0.6 is 11.8 Å². The van der Waals surface area contributed by atoms with E-state index >= 15 is 0 Å². The van der Waals surface area contributed by atoms with Gasteiger partial charge in [-0.05, 0) is 19.1 Å². The smallest absolute Gasteiger partial charge is 0.186 e. The first-order chi connectivity index (χ1) is 5.17. The Morgan fingerprint density at radius 3 is 2.91 bits per heavy atom. The third-order valence-electron chi connectivity index (χ3n) is 1.56. The van der Waals surface area contributed by atoms with E-state index in [9.17, 15) is 5.11 Å². The van der Waals surface area contributed by atoms with Gasteiger partial charge in [-0.15, -0.1) is 0 Å². The molecule has 0 saturated carbocycles. The summed E-state index contributed by atoms with van der Waals surface area (Å²) in [7, 11) is 0. The Morgan fingerprint density at radius 2 is 2.18 bits per heavy atom. The Kier molecular flexibility index (Phi) is 1.37. The van der Waals surface area contributed by atoms with Gasteiger partial charge in [0, 0.05) is 4.90 Å². The minimum absolute atomic E-state index is 0.830. The van der Waals surface area contributed by atoms with Crippen LogP contribution in [-0.4, -0.2) is 10.2 Å². The second-order valence-corrected chi connectivity index (χ2v) is 4.15. The lowest BCUT2D eigenvalue weighted by atomic mass is 10.3. The van der Waals surface area contributed by atoms with Gasteiger partial charge in [-0.3, -0.25) is 0 Å². The van der Waals surface area contributed by atoms with Crippen LogP contribution in [0, 0.1) is 0 Å². The monoisotopic (exact) mass is 167 g/mol. The predicted molar refractivity (Wildman–Crippen MR) is 46.5 cm³/mol. The lowest BCUT2D eigenvalue weighted by Crippen LogP contribution is -2.25. The zero-order valence-corrected chi connectivity index (χ0v) is 6.98. The lowest BCUT2D eigenvalue weighted by Gasteiger charge is -2.14. The van der Waals surface area contributed by atoms with Crippen LogP contribution < -0.4 is 5.32 Å². The highest BCUT2D eigenvalue weighted by Gasteiger charge is 2.29. The van der Waals surface area contributed by atoms with Crippen molar-refractivity contribution in [1.29, 1.82) is 0 Å². The molecular weight excluding hydrogens is 158 g/mol. The number of benzene rings is 1. The summed E-state index contributed by atoms with van der Waals surface area (Å²) in [6, 6.07) is 7.88. The van der Waals surface area contributed by atoms with Crippen molar-refractivity contribution in [3.63, 3.8) is 0 Å². The quantitative estimate of drug-likeness (QED) is 0.618. The molecule has 1 atom stereocenters. The zero-order valence-electron chi connectivity index (χ0n) is 6.16. The van der Waals surface area contributed by atoms with E-state index in [1.54, 1.807) is 6.92 Å². The summed E-state index contributed by atoms with van der Waals surface area (Å²) in [4.78, 5) is 1.11. The average molecular weight is 167 g/mol. The molecule has 0 spiro atoms. The van der Waals surface area contributed by atoms with Crippen LogP contribution in [0.25, 0.3) is 0 Å². The summed E-state index contributed by atoms with van der Waals surface area (Å²) in [5.74, 6) is 0. The van der Waals surface area contributed by atoms with Gasteiger partial charge in [0.1, 0.15) is 0 Å². The fourth-order valence-electron chi connectivity index (χ4n) is 1.15. The Hall–Kier alpha value is -0.670. The van der Waals surface area contributed by atoms with Crippen molar-refractivity contribution in [3.8, 4) is 0 Å². The molecule has 0 bridgehead atoms. The molecule has 0 radical (unpaired) electrons. The summed E-state index contributed by atoms with van der Waals surface area (Å²) in [5, 5.41) is 11.7. The molecule has 1 heterocycles. The Balaban J connectivity index is 2.41. The first-order valence-corrected chi connectivity index (χ1v) is 4.28. The number of para-hydroxylation sites is 1. The molecule has 2 rings (SSSR count). The van der Waals surface area contributed by atoms with E-state index in [2.05, 4.69) is 5.32 Å². The highest BCUT2D eigenvalue weighted by Crippen LogP contribution is 2.42. The number of anilines is 1. The molecule has 0 saturated heterocycles. The van der Waals surface area contributed by atoms with Gasteiger partial charge in [-0.2, -0.15) is 0 Å². The maximum atomic E-state index is 9.57. The summed E-state index contributed by atoms with van der Waals surface area (Å²) in [5.41, 5.74) is 1.02. The van der Waals surface area contributed by atoms with Crippen LogP contribution in [0.5, 0.6) is 0 Å². The molecule has 11 heavy (non-hydrogen) atoms. The SMILES string of the molecule is CC1(O)Nc2ccccc2S1. The highest BCUT2D eigenvalue weighted by atomic mass is 32.2. The molecule has 0 fully saturated rings. The van der Waals surface area contributed by atoms with Crippen molar-refractivity contribution in [2.45, 2.75) is 16.9 Å². The van der Waals surface area contributed by atoms with Gasteiger partial charge in [-0.1, -0.05) is 23.9 Å².